The second-order valence-corrected chi connectivity index (χ2v) is 20.7. The molecule has 0 fully saturated rings. The molecule has 0 aliphatic carbocycles. The van der Waals surface area contributed by atoms with E-state index >= 15 is 0 Å². The number of benzene rings is 2. The summed E-state index contributed by atoms with van der Waals surface area (Å²) in [6.07, 6.45) is -2.61. The largest absolute Gasteiger partial charge is 0.500 e. The Hall–Kier alpha value is -4.55. The first-order chi connectivity index (χ1) is 31.7. The summed E-state index contributed by atoms with van der Waals surface area (Å²) in [4.78, 5) is 52.6. The van der Waals surface area contributed by atoms with E-state index in [1.165, 1.54) is 0 Å². The summed E-state index contributed by atoms with van der Waals surface area (Å²) >= 11 is 0. The van der Waals surface area contributed by atoms with Gasteiger partial charge in [0.2, 0.25) is 0 Å². The van der Waals surface area contributed by atoms with Crippen molar-refractivity contribution in [3.8, 4) is 11.5 Å². The fraction of sp³-hybridized carbons (Fsp3) is 0.609. The molecular weight excluding hydrogens is 893 g/mol. The number of rotatable bonds is 36. The molecular formula is C46H74N2O16Si2. The van der Waals surface area contributed by atoms with Gasteiger partial charge in [0.15, 0.2) is 12.2 Å². The minimum absolute atomic E-state index is 0.0284. The van der Waals surface area contributed by atoms with Gasteiger partial charge in [0.05, 0.1) is 5.41 Å². The van der Waals surface area contributed by atoms with Gasteiger partial charge in [-0.25, -0.2) is 14.4 Å². The third-order valence-corrected chi connectivity index (χ3v) is 15.5. The zero-order valence-corrected chi connectivity index (χ0v) is 42.2. The molecule has 0 heterocycles. The Kier molecular flexibility index (Phi) is 28.1. The lowest BCUT2D eigenvalue weighted by atomic mass is 9.86. The molecule has 0 radical (unpaired) electrons. The van der Waals surface area contributed by atoms with Gasteiger partial charge < -0.3 is 65.6 Å². The highest BCUT2D eigenvalue weighted by molar-refractivity contribution is 6.61. The highest BCUT2D eigenvalue weighted by Gasteiger charge is 2.41. The number of esters is 2. The van der Waals surface area contributed by atoms with Crippen molar-refractivity contribution in [1.29, 1.82) is 0 Å². The van der Waals surface area contributed by atoms with Gasteiger partial charge in [0.1, 0.15) is 37.9 Å². The fourth-order valence-electron chi connectivity index (χ4n) is 6.34. The minimum atomic E-state index is -2.90. The van der Waals surface area contributed by atoms with Crippen molar-refractivity contribution >= 4 is 41.7 Å². The lowest BCUT2D eigenvalue weighted by molar-refractivity contribution is -0.157. The van der Waals surface area contributed by atoms with Gasteiger partial charge in [-0.1, -0.05) is 43.0 Å². The Balaban J connectivity index is 2.00. The van der Waals surface area contributed by atoms with Crippen molar-refractivity contribution in [1.82, 2.24) is 10.6 Å². The van der Waals surface area contributed by atoms with Crippen LogP contribution in [0.25, 0.3) is 0 Å². The van der Waals surface area contributed by atoms with E-state index in [0.717, 1.165) is 0 Å². The number of carbonyl (C=O) groups excluding carboxylic acids is 4. The van der Waals surface area contributed by atoms with Crippen LogP contribution in [0.4, 0.5) is 9.59 Å². The topological polar surface area (TPSA) is 203 Å². The van der Waals surface area contributed by atoms with Gasteiger partial charge in [-0.05, 0) is 98.9 Å². The molecule has 2 atom stereocenters. The van der Waals surface area contributed by atoms with E-state index in [0.29, 0.717) is 76.1 Å². The Morgan fingerprint density at radius 1 is 0.561 bits per heavy atom. The highest BCUT2D eigenvalue weighted by atomic mass is 28.4. The van der Waals surface area contributed by atoms with Crippen LogP contribution in [0.3, 0.4) is 0 Å². The van der Waals surface area contributed by atoms with Gasteiger partial charge in [-0.3, -0.25) is 4.79 Å². The molecule has 2 aromatic carbocycles. The first-order valence-electron chi connectivity index (χ1n) is 22.8. The molecule has 0 aliphatic heterocycles. The Labute approximate surface area is 393 Å². The highest BCUT2D eigenvalue weighted by Crippen LogP contribution is 2.27. The molecule has 0 saturated heterocycles. The van der Waals surface area contributed by atoms with E-state index in [9.17, 15) is 19.2 Å². The fourth-order valence-corrected chi connectivity index (χ4v) is 11.6. The lowest BCUT2D eigenvalue weighted by Crippen LogP contribution is -2.46. The zero-order chi connectivity index (χ0) is 48.7. The van der Waals surface area contributed by atoms with Crippen LogP contribution in [-0.2, 0) is 55.1 Å². The molecule has 0 aliphatic rings. The standard InChI is InChI=1S/C46H74N2O16Si2/c1-10-57-65(58-11-2,59-12-3)30-22-28-47-44(51)63-40(33-53-38-24-18-16-19-25-38)35-55-42(49)37(7)32-46(8,9)43(50)56-36-41(34-54-39-26-20-17-21-27-39)64-45(52)48-29-23-31-66(60-13-4,61-14-5)62-15-6/h16-21,24-27,40-41H,7,10-15,22-23,28-36H2,1-6,8-9H3,(H,47,51)(H,48,52). The van der Waals surface area contributed by atoms with Crippen LogP contribution < -0.4 is 20.1 Å². The number of ether oxygens (including phenoxy) is 6. The lowest BCUT2D eigenvalue weighted by Gasteiger charge is -2.28. The molecule has 20 heteroatoms. The number of carbonyl (C=O) groups is 4. The van der Waals surface area contributed by atoms with Crippen molar-refractivity contribution in [3.63, 3.8) is 0 Å². The maximum absolute atomic E-state index is 13.5. The molecule has 2 unspecified atom stereocenters. The third-order valence-electron chi connectivity index (χ3n) is 9.25. The summed E-state index contributed by atoms with van der Waals surface area (Å²) in [6.45, 7) is 20.4. The van der Waals surface area contributed by atoms with Crippen molar-refractivity contribution in [2.45, 2.75) is 98.9 Å². The van der Waals surface area contributed by atoms with Crippen LogP contribution in [0, 0.1) is 5.41 Å². The van der Waals surface area contributed by atoms with Crippen LogP contribution in [0.2, 0.25) is 12.1 Å². The van der Waals surface area contributed by atoms with Crippen molar-refractivity contribution < 1.29 is 74.2 Å². The monoisotopic (exact) mass is 966 g/mol. The van der Waals surface area contributed by atoms with Crippen LogP contribution in [0.5, 0.6) is 11.5 Å². The number of alkyl carbamates (subject to hydrolysis) is 2. The quantitative estimate of drug-likeness (QED) is 0.0227. The average Bonchev–Trinajstić information content (AvgIpc) is 3.29. The van der Waals surface area contributed by atoms with Crippen molar-refractivity contribution in [3.05, 3.63) is 72.8 Å². The summed E-state index contributed by atoms with van der Waals surface area (Å²) in [6, 6.07) is 18.8. The number of hydrogen-bond donors (Lipinski definition) is 2. The maximum atomic E-state index is 13.5. The molecule has 0 aromatic heterocycles. The van der Waals surface area contributed by atoms with Gasteiger partial charge in [0.25, 0.3) is 0 Å². The van der Waals surface area contributed by atoms with Gasteiger partial charge in [-0.2, -0.15) is 0 Å². The summed E-state index contributed by atoms with van der Waals surface area (Å²) in [5.41, 5.74) is -1.29. The number of hydrogen-bond acceptors (Lipinski definition) is 16. The van der Waals surface area contributed by atoms with E-state index in [4.69, 9.17) is 55.0 Å². The number of amides is 2. The van der Waals surface area contributed by atoms with E-state index in [1.54, 1.807) is 62.4 Å². The second kappa shape index (κ2) is 32.2. The predicted molar refractivity (Wildman–Crippen MR) is 250 cm³/mol. The minimum Gasteiger partial charge on any atom is -0.490 e. The van der Waals surface area contributed by atoms with Crippen LogP contribution in [0.1, 0.15) is 74.7 Å². The number of para-hydroxylation sites is 2. The number of nitrogens with one attached hydrogen (secondary N) is 2. The normalized spacial score (nSPS) is 12.6. The maximum Gasteiger partial charge on any atom is 0.500 e. The van der Waals surface area contributed by atoms with Gasteiger partial charge in [0, 0.05) is 70.4 Å². The zero-order valence-electron chi connectivity index (χ0n) is 40.2. The van der Waals surface area contributed by atoms with Crippen LogP contribution in [0.15, 0.2) is 72.8 Å². The Morgan fingerprint density at radius 3 is 1.29 bits per heavy atom. The Bertz CT molecular complexity index is 1660. The van der Waals surface area contributed by atoms with E-state index in [1.807, 2.05) is 53.7 Å². The van der Waals surface area contributed by atoms with Gasteiger partial charge >= 0.3 is 41.7 Å². The van der Waals surface area contributed by atoms with Crippen LogP contribution >= 0.6 is 0 Å². The molecule has 2 amide bonds. The molecule has 2 aromatic rings. The third kappa shape index (κ3) is 22.8. The van der Waals surface area contributed by atoms with Crippen molar-refractivity contribution in [2.24, 2.45) is 5.41 Å². The molecule has 0 saturated carbocycles. The average molecular weight is 967 g/mol. The molecule has 2 rings (SSSR count). The van der Waals surface area contributed by atoms with E-state index in [-0.39, 0.29) is 51.5 Å². The summed E-state index contributed by atoms with van der Waals surface area (Å²) < 4.78 is 69.4. The molecule has 372 valence electrons. The summed E-state index contributed by atoms with van der Waals surface area (Å²) in [5.74, 6) is -0.454. The SMILES string of the molecule is C=C(CC(C)(C)C(=O)OCC(COc1ccccc1)OC(=O)NCCC[Si](OCC)(OCC)OCC)C(=O)OCC(COc1ccccc1)OC(=O)NCCC[Si](OCC)(OCC)OCC. The van der Waals surface area contributed by atoms with Gasteiger partial charge in [-0.15, -0.1) is 0 Å². The van der Waals surface area contributed by atoms with E-state index < -0.39 is 59.4 Å². The molecule has 66 heavy (non-hydrogen) atoms. The smallest absolute Gasteiger partial charge is 0.490 e. The predicted octanol–water partition coefficient (Wildman–Crippen LogP) is 7.27. The Morgan fingerprint density at radius 2 is 0.924 bits per heavy atom. The van der Waals surface area contributed by atoms with Crippen LogP contribution in [-0.4, -0.2) is 133 Å². The first-order valence-corrected chi connectivity index (χ1v) is 26.7. The summed E-state index contributed by atoms with van der Waals surface area (Å²) in [5, 5.41) is 5.44. The van der Waals surface area contributed by atoms with Crippen molar-refractivity contribution in [2.75, 3.05) is 79.2 Å². The summed E-state index contributed by atoms with van der Waals surface area (Å²) in [7, 11) is -5.80. The second-order valence-electron chi connectivity index (χ2n) is 15.2. The molecule has 2 N–H and O–H groups in total. The first kappa shape index (κ1) is 57.6. The molecule has 0 spiro atoms. The molecule has 18 nitrogen and oxygen atoms in total. The molecule has 0 bridgehead atoms. The van der Waals surface area contributed by atoms with E-state index in [2.05, 4.69) is 17.2 Å².